The average Bonchev–Trinajstić information content (AvgIpc) is 1.28. The fourth-order valence-corrected chi connectivity index (χ4v) is 11.7. The van der Waals surface area contributed by atoms with E-state index in [2.05, 4.69) is 181 Å². The van der Waals surface area contributed by atoms with Crippen LogP contribution in [-0.4, -0.2) is 99.1 Å². The van der Waals surface area contributed by atoms with E-state index in [-0.39, 0.29) is 10.8 Å². The highest BCUT2D eigenvalue weighted by atomic mass is 79.9. The van der Waals surface area contributed by atoms with Gasteiger partial charge in [0.2, 0.25) is 0 Å². The monoisotopic (exact) mass is 1350 g/mol. The Morgan fingerprint density at radius 3 is 0.781 bits per heavy atom. The second-order valence-corrected chi connectivity index (χ2v) is 26.9. The highest BCUT2D eigenvalue weighted by molar-refractivity contribution is 9.10. The van der Waals surface area contributed by atoms with Crippen molar-refractivity contribution in [3.8, 4) is 99.0 Å². The van der Waals surface area contributed by atoms with Gasteiger partial charge in [-0.15, -0.1) is 12.8 Å². The quantitative estimate of drug-likeness (QED) is 0.0295. The Kier molecular flexibility index (Phi) is 29.5. The maximum Gasteiger partial charge on any atom is 0.120 e. The maximum absolute atomic E-state index is 6.08. The molecule has 0 amide bonds. The number of unbranched alkanes of at least 4 members (excludes halogenated alkanes) is 9. The molecule has 0 spiro atoms. The number of fused-ring (bicyclic) bond motifs is 3. The molecule has 0 radical (unpaired) electrons. The van der Waals surface area contributed by atoms with Gasteiger partial charge < -0.3 is 42.6 Å². The third kappa shape index (κ3) is 23.3. The van der Waals surface area contributed by atoms with Gasteiger partial charge in [0.1, 0.15) is 17.2 Å². The smallest absolute Gasteiger partial charge is 0.120 e. The fraction of sp³-hybridized carbons (Fsp3) is 0.419. The summed E-state index contributed by atoms with van der Waals surface area (Å²) < 4.78 is 52.9. The van der Waals surface area contributed by atoms with E-state index in [9.17, 15) is 0 Å². The van der Waals surface area contributed by atoms with Crippen LogP contribution in [0.1, 0.15) is 150 Å². The Morgan fingerprint density at radius 1 is 0.323 bits per heavy atom. The van der Waals surface area contributed by atoms with Crippen LogP contribution in [0, 0.1) is 64.6 Å². The van der Waals surface area contributed by atoms with Gasteiger partial charge in [0.25, 0.3) is 0 Å². The first-order valence-electron chi connectivity index (χ1n) is 34.9. The molecule has 96 heavy (non-hydrogen) atoms. The molecule has 2 aromatic rings. The van der Waals surface area contributed by atoms with Crippen molar-refractivity contribution in [1.82, 2.24) is 0 Å². The lowest BCUT2D eigenvalue weighted by molar-refractivity contribution is -0.150. The Labute approximate surface area is 582 Å². The van der Waals surface area contributed by atoms with Crippen molar-refractivity contribution in [2.24, 2.45) is 16.2 Å². The number of benzene rings is 2. The number of rotatable bonds is 33. The van der Waals surface area contributed by atoms with E-state index in [4.69, 9.17) is 55.5 Å². The minimum atomic E-state index is 0.277. The van der Waals surface area contributed by atoms with E-state index in [1.165, 1.54) is 36.8 Å². The molecule has 0 bridgehead atoms. The summed E-state index contributed by atoms with van der Waals surface area (Å²) in [6.45, 7) is 19.1. The molecule has 0 saturated carbocycles. The molecule has 3 saturated heterocycles. The summed E-state index contributed by atoms with van der Waals surface area (Å²) in [4.78, 5) is 0. The van der Waals surface area contributed by atoms with Crippen molar-refractivity contribution in [2.45, 2.75) is 117 Å². The van der Waals surface area contributed by atoms with E-state index in [1.807, 2.05) is 48.5 Å². The highest BCUT2D eigenvalue weighted by Gasteiger charge is 2.38. The van der Waals surface area contributed by atoms with Gasteiger partial charge in [0.15, 0.2) is 0 Å². The molecule has 2 aromatic carbocycles. The molecule has 9 nitrogen and oxygen atoms in total. The summed E-state index contributed by atoms with van der Waals surface area (Å²) in [5.74, 6) is 21.1. The zero-order chi connectivity index (χ0) is 66.9. The molecule has 3 fully saturated rings. The summed E-state index contributed by atoms with van der Waals surface area (Å²) >= 11 is 3.50. The standard InChI is InChI=1S/C54H62O6.C22H29BrO3.C10H6/c1-3-53(39-57-40-53)37-55-29-9-5-7-11-31-59-51-33-47-25-21-45(22-26-48(47)34-51)19-17-43-13-15-44(16-14-43)18-20-46-23-27-49-35-52(36-50(49)28-24-46)60-32-12-8-6-10-30-56-38-54(4-2)41-58-42-54;1-2-22(16-25-17-22)15-24-11-5-3-4-6-12-26-21-13-18-7-9-20(23)10-8-19(18)14-21;1-3-9-5-7-10(4-2)8-6-9/h13-16,21-28,33-36H,3-12,29-32,37-42H2,1-2H3;7-10,13-14H,2-6,11-12,15-17H2,1H3;1-2,5-8H. The van der Waals surface area contributed by atoms with Crippen molar-refractivity contribution in [3.63, 3.8) is 0 Å². The van der Waals surface area contributed by atoms with E-state index in [0.29, 0.717) is 5.41 Å². The lowest BCUT2D eigenvalue weighted by atomic mass is 9.84. The molecule has 0 N–H and O–H groups in total. The van der Waals surface area contributed by atoms with Crippen LogP contribution in [0.2, 0.25) is 0 Å². The molecular formula is C86H97BrO9. The lowest BCUT2D eigenvalue weighted by Crippen LogP contribution is -2.45. The van der Waals surface area contributed by atoms with Crippen molar-refractivity contribution in [1.29, 1.82) is 0 Å². The van der Waals surface area contributed by atoms with Gasteiger partial charge in [-0.2, -0.15) is 0 Å². The van der Waals surface area contributed by atoms with Crippen molar-refractivity contribution in [3.05, 3.63) is 196 Å². The van der Waals surface area contributed by atoms with Crippen molar-refractivity contribution in [2.75, 3.05) is 99.1 Å². The first-order chi connectivity index (χ1) is 47.1. The molecule has 3 heterocycles. The SMILES string of the molecule is C#Cc1ccc(C#C)cc1.CCC1(COCCCCCCOc2cc3ccc(Br)ccc-3c2)COC1.CCC1(COCCCCCCOc2cc3ccc(C#Cc4ccc(C#Cc5ccc6cc(OCCCCCCOCC7(CC)COC7)cc-6cc5)cc4)ccc-3c2)COC1. The molecular weight excluding hydrogens is 1260 g/mol. The van der Waals surface area contributed by atoms with Gasteiger partial charge in [-0.1, -0.05) is 128 Å². The van der Waals surface area contributed by atoms with Gasteiger partial charge in [-0.05, 0) is 232 Å². The number of halogens is 1. The molecule has 10 heteroatoms. The third-order valence-corrected chi connectivity index (χ3v) is 19.0. The van der Waals surface area contributed by atoms with Gasteiger partial charge in [-0.25, -0.2) is 0 Å². The highest BCUT2D eigenvalue weighted by Crippen LogP contribution is 2.36. The van der Waals surface area contributed by atoms with Crippen molar-refractivity contribution >= 4 is 15.9 Å². The Balaban J connectivity index is 0.000000244. The first kappa shape index (κ1) is 72.7. The third-order valence-electron chi connectivity index (χ3n) is 18.5. The Bertz CT molecular complexity index is 3420. The van der Waals surface area contributed by atoms with Crippen LogP contribution in [0.3, 0.4) is 0 Å². The van der Waals surface area contributed by atoms with E-state index in [0.717, 1.165) is 247 Å². The van der Waals surface area contributed by atoms with Crippen LogP contribution in [0.4, 0.5) is 0 Å². The molecule has 0 unspecified atom stereocenters. The van der Waals surface area contributed by atoms with Crippen LogP contribution in [0.15, 0.2) is 162 Å². The Hall–Kier alpha value is -7.58. The largest absolute Gasteiger partial charge is 0.494 e. The average molecular weight is 1350 g/mol. The number of hydrogen-bond acceptors (Lipinski definition) is 9. The Morgan fingerprint density at radius 2 is 0.552 bits per heavy atom. The molecule has 9 aliphatic rings. The van der Waals surface area contributed by atoms with E-state index >= 15 is 0 Å². The molecule has 0 aromatic heterocycles. The van der Waals surface area contributed by atoms with Gasteiger partial charge in [-0.3, -0.25) is 0 Å². The lowest BCUT2D eigenvalue weighted by Gasteiger charge is -2.40. The normalized spacial score (nSPS) is 14.4. The zero-order valence-electron chi connectivity index (χ0n) is 56.9. The second kappa shape index (κ2) is 39.0. The maximum atomic E-state index is 6.08. The first-order valence-corrected chi connectivity index (χ1v) is 35.7. The van der Waals surface area contributed by atoms with Gasteiger partial charge in [0.05, 0.1) is 79.3 Å². The summed E-state index contributed by atoms with van der Waals surface area (Å²) in [6.07, 6.45) is 27.2. The van der Waals surface area contributed by atoms with E-state index < -0.39 is 0 Å². The van der Waals surface area contributed by atoms with Crippen LogP contribution in [0.25, 0.3) is 33.4 Å². The summed E-state index contributed by atoms with van der Waals surface area (Å²) in [6, 6.07) is 53.3. The fourth-order valence-electron chi connectivity index (χ4n) is 11.4. The summed E-state index contributed by atoms with van der Waals surface area (Å²) in [5.41, 5.74) is 13.5. The van der Waals surface area contributed by atoms with E-state index in [1.54, 1.807) is 0 Å². The van der Waals surface area contributed by atoms with Crippen molar-refractivity contribution < 1.29 is 42.6 Å². The topological polar surface area (TPSA) is 83.1 Å². The predicted molar refractivity (Wildman–Crippen MR) is 393 cm³/mol. The second-order valence-electron chi connectivity index (χ2n) is 26.0. The van der Waals surface area contributed by atoms with Crippen LogP contribution in [0.5, 0.6) is 17.2 Å². The van der Waals surface area contributed by atoms with Crippen LogP contribution in [-0.2, 0) is 28.4 Å². The minimum absolute atomic E-state index is 0.277. The van der Waals surface area contributed by atoms with Gasteiger partial charge >= 0.3 is 0 Å². The molecule has 11 rings (SSSR count). The minimum Gasteiger partial charge on any atom is -0.494 e. The number of terminal acetylenes is 2. The van der Waals surface area contributed by atoms with Gasteiger partial charge in [0, 0.05) is 73.9 Å². The summed E-state index contributed by atoms with van der Waals surface area (Å²) in [5, 5.41) is 0. The molecule has 6 aliphatic carbocycles. The number of ether oxygens (including phenoxy) is 9. The number of hydrogen-bond donors (Lipinski definition) is 0. The zero-order valence-corrected chi connectivity index (χ0v) is 58.5. The summed E-state index contributed by atoms with van der Waals surface area (Å²) in [7, 11) is 0. The molecule has 3 aliphatic heterocycles. The van der Waals surface area contributed by atoms with Crippen LogP contribution >= 0.6 is 15.9 Å². The van der Waals surface area contributed by atoms with Crippen LogP contribution < -0.4 is 14.2 Å². The molecule has 0 atom stereocenters. The molecule has 502 valence electrons. The predicted octanol–water partition coefficient (Wildman–Crippen LogP) is 19.0.